The molecule has 6 nitrogen and oxygen atoms in total. The van der Waals surface area contributed by atoms with Gasteiger partial charge in [-0.05, 0) is 59.9 Å². The SMILES string of the molecule is CCC(C)c1ccc(N2C(=O)NC(=O)/C(=C\c3cccn3Cc3ccccc3Cl)C2=O)cc1. The molecule has 1 fully saturated rings. The van der Waals surface area contributed by atoms with Crippen molar-refractivity contribution < 1.29 is 14.4 Å². The van der Waals surface area contributed by atoms with Gasteiger partial charge in [0.2, 0.25) is 0 Å². The number of anilines is 1. The lowest BCUT2D eigenvalue weighted by molar-refractivity contribution is -0.122. The number of halogens is 1. The van der Waals surface area contributed by atoms with Crippen molar-refractivity contribution in [2.45, 2.75) is 32.7 Å². The Labute approximate surface area is 197 Å². The molecule has 4 amide bonds. The summed E-state index contributed by atoms with van der Waals surface area (Å²) in [6, 6.07) is 17.6. The van der Waals surface area contributed by atoms with E-state index in [0.29, 0.717) is 28.9 Å². The Morgan fingerprint density at radius 1 is 1.00 bits per heavy atom. The van der Waals surface area contributed by atoms with Crippen LogP contribution >= 0.6 is 11.6 Å². The first kappa shape index (κ1) is 22.6. The Morgan fingerprint density at radius 3 is 2.42 bits per heavy atom. The molecule has 1 aromatic heterocycles. The zero-order valence-corrected chi connectivity index (χ0v) is 19.2. The van der Waals surface area contributed by atoms with E-state index in [-0.39, 0.29) is 5.57 Å². The third kappa shape index (κ3) is 4.61. The summed E-state index contributed by atoms with van der Waals surface area (Å²) in [6.45, 7) is 4.69. The maximum Gasteiger partial charge on any atom is 0.335 e. The van der Waals surface area contributed by atoms with Gasteiger partial charge < -0.3 is 4.57 Å². The predicted octanol–water partition coefficient (Wildman–Crippen LogP) is 5.37. The number of nitrogens with one attached hydrogen (secondary N) is 1. The van der Waals surface area contributed by atoms with E-state index < -0.39 is 17.8 Å². The molecule has 7 heteroatoms. The van der Waals surface area contributed by atoms with Crippen molar-refractivity contribution in [3.8, 4) is 0 Å². The molecular formula is C26H24ClN3O3. The van der Waals surface area contributed by atoms with Crippen LogP contribution in [0.2, 0.25) is 5.02 Å². The van der Waals surface area contributed by atoms with Gasteiger partial charge in [-0.2, -0.15) is 0 Å². The van der Waals surface area contributed by atoms with E-state index in [4.69, 9.17) is 11.6 Å². The fourth-order valence-electron chi connectivity index (χ4n) is 3.74. The van der Waals surface area contributed by atoms with Crippen LogP contribution < -0.4 is 10.2 Å². The van der Waals surface area contributed by atoms with Crippen molar-refractivity contribution in [1.29, 1.82) is 0 Å². The average Bonchev–Trinajstić information content (AvgIpc) is 3.24. The summed E-state index contributed by atoms with van der Waals surface area (Å²) < 4.78 is 1.89. The summed E-state index contributed by atoms with van der Waals surface area (Å²) in [5.41, 5.74) is 2.98. The molecule has 1 aliphatic heterocycles. The molecule has 1 unspecified atom stereocenters. The van der Waals surface area contributed by atoms with Crippen molar-refractivity contribution in [2.24, 2.45) is 0 Å². The highest BCUT2D eigenvalue weighted by Gasteiger charge is 2.37. The van der Waals surface area contributed by atoms with Gasteiger partial charge in [0.15, 0.2) is 0 Å². The minimum Gasteiger partial charge on any atom is -0.343 e. The summed E-state index contributed by atoms with van der Waals surface area (Å²) in [6.07, 6.45) is 4.33. The van der Waals surface area contributed by atoms with Crippen molar-refractivity contribution in [3.63, 3.8) is 0 Å². The maximum atomic E-state index is 13.2. The molecule has 1 N–H and O–H groups in total. The number of hydrogen-bond donors (Lipinski definition) is 1. The van der Waals surface area contributed by atoms with E-state index in [0.717, 1.165) is 22.4 Å². The number of rotatable bonds is 6. The molecule has 1 saturated heterocycles. The molecule has 0 saturated carbocycles. The summed E-state index contributed by atoms with van der Waals surface area (Å²) in [5, 5.41) is 2.91. The first-order valence-electron chi connectivity index (χ1n) is 10.8. The second kappa shape index (κ2) is 9.46. The second-order valence-corrected chi connectivity index (χ2v) is 8.42. The van der Waals surface area contributed by atoms with Crippen LogP contribution in [0.3, 0.4) is 0 Å². The minimum absolute atomic E-state index is 0.111. The average molecular weight is 462 g/mol. The lowest BCUT2D eigenvalue weighted by atomic mass is 9.98. The number of amides is 4. The summed E-state index contributed by atoms with van der Waals surface area (Å²) in [7, 11) is 0. The van der Waals surface area contributed by atoms with Gasteiger partial charge in [-0.3, -0.25) is 14.9 Å². The maximum absolute atomic E-state index is 13.2. The minimum atomic E-state index is -0.759. The summed E-state index contributed by atoms with van der Waals surface area (Å²) in [5.74, 6) is -1.01. The Bertz CT molecular complexity index is 1240. The van der Waals surface area contributed by atoms with Crippen LogP contribution in [-0.4, -0.2) is 22.4 Å². The van der Waals surface area contributed by atoms with E-state index in [9.17, 15) is 14.4 Å². The van der Waals surface area contributed by atoms with E-state index in [1.54, 1.807) is 18.2 Å². The summed E-state index contributed by atoms with van der Waals surface area (Å²) in [4.78, 5) is 39.3. The molecule has 1 aliphatic rings. The molecule has 2 heterocycles. The Hall–Kier alpha value is -3.64. The van der Waals surface area contributed by atoms with Crippen LogP contribution in [0, 0.1) is 0 Å². The van der Waals surface area contributed by atoms with E-state index in [1.165, 1.54) is 6.08 Å². The number of carbonyl (C=O) groups excluding carboxylic acids is 3. The van der Waals surface area contributed by atoms with Crippen molar-refractivity contribution in [2.75, 3.05) is 4.90 Å². The number of benzene rings is 2. The molecule has 33 heavy (non-hydrogen) atoms. The normalized spacial score (nSPS) is 16.3. The lowest BCUT2D eigenvalue weighted by Gasteiger charge is -2.26. The van der Waals surface area contributed by atoms with Crippen molar-refractivity contribution in [3.05, 3.63) is 94.3 Å². The van der Waals surface area contributed by atoms with E-state index in [2.05, 4.69) is 19.2 Å². The van der Waals surface area contributed by atoms with Crippen molar-refractivity contribution >= 4 is 41.2 Å². The number of imide groups is 2. The van der Waals surface area contributed by atoms with Crippen LogP contribution in [0.15, 0.2) is 72.4 Å². The quantitative estimate of drug-likeness (QED) is 0.396. The molecule has 3 aromatic rings. The summed E-state index contributed by atoms with van der Waals surface area (Å²) >= 11 is 6.28. The predicted molar refractivity (Wildman–Crippen MR) is 129 cm³/mol. The third-order valence-corrected chi connectivity index (χ3v) is 6.26. The van der Waals surface area contributed by atoms with Crippen LogP contribution in [0.5, 0.6) is 0 Å². The Balaban J connectivity index is 1.64. The van der Waals surface area contributed by atoms with Gasteiger partial charge >= 0.3 is 6.03 Å². The molecule has 1 atom stereocenters. The molecule has 0 aliphatic carbocycles. The van der Waals surface area contributed by atoms with E-state index in [1.807, 2.05) is 53.2 Å². The fourth-order valence-corrected chi connectivity index (χ4v) is 3.94. The second-order valence-electron chi connectivity index (χ2n) is 8.01. The number of barbiturate groups is 1. The first-order valence-corrected chi connectivity index (χ1v) is 11.2. The van der Waals surface area contributed by atoms with Crippen LogP contribution in [0.25, 0.3) is 6.08 Å². The molecule has 2 aromatic carbocycles. The van der Waals surface area contributed by atoms with Gasteiger partial charge in [-0.25, -0.2) is 9.69 Å². The molecule has 0 radical (unpaired) electrons. The number of nitrogens with zero attached hydrogens (tertiary/aromatic N) is 2. The highest BCUT2D eigenvalue weighted by atomic mass is 35.5. The smallest absolute Gasteiger partial charge is 0.335 e. The van der Waals surface area contributed by atoms with Gasteiger partial charge in [0.05, 0.1) is 5.69 Å². The third-order valence-electron chi connectivity index (χ3n) is 5.89. The number of aromatic nitrogens is 1. The molecule has 0 spiro atoms. The lowest BCUT2D eigenvalue weighted by Crippen LogP contribution is -2.54. The highest BCUT2D eigenvalue weighted by molar-refractivity contribution is 6.39. The van der Waals surface area contributed by atoms with Gasteiger partial charge in [0.25, 0.3) is 11.8 Å². The first-order chi connectivity index (χ1) is 15.9. The zero-order valence-electron chi connectivity index (χ0n) is 18.4. The van der Waals surface area contributed by atoms with Gasteiger partial charge in [0.1, 0.15) is 5.57 Å². The topological polar surface area (TPSA) is 71.4 Å². The molecular weight excluding hydrogens is 438 g/mol. The Kier molecular flexibility index (Phi) is 6.47. The van der Waals surface area contributed by atoms with Crippen LogP contribution in [-0.2, 0) is 16.1 Å². The largest absolute Gasteiger partial charge is 0.343 e. The van der Waals surface area contributed by atoms with Gasteiger partial charge in [-0.1, -0.05) is 55.8 Å². The molecule has 4 rings (SSSR count). The van der Waals surface area contributed by atoms with Gasteiger partial charge in [-0.15, -0.1) is 0 Å². The number of urea groups is 1. The standard InChI is InChI=1S/C26H24ClN3O3/c1-3-17(2)18-10-12-20(13-11-18)30-25(32)22(24(31)28-26(30)33)15-21-8-6-14-29(21)16-19-7-4-5-9-23(19)27/h4-15,17H,3,16H2,1-2H3,(H,28,31,33)/b22-15+. The number of carbonyl (C=O) groups is 3. The number of hydrogen-bond acceptors (Lipinski definition) is 3. The van der Waals surface area contributed by atoms with Crippen LogP contribution in [0.1, 0.15) is 43.0 Å². The highest BCUT2D eigenvalue weighted by Crippen LogP contribution is 2.26. The van der Waals surface area contributed by atoms with Gasteiger partial charge in [0, 0.05) is 23.5 Å². The molecule has 168 valence electrons. The zero-order chi connectivity index (χ0) is 23.5. The van der Waals surface area contributed by atoms with Crippen LogP contribution in [0.4, 0.5) is 10.5 Å². The molecule has 0 bridgehead atoms. The fraction of sp³-hybridized carbons (Fsp3) is 0.192. The van der Waals surface area contributed by atoms with Crippen molar-refractivity contribution in [1.82, 2.24) is 9.88 Å². The monoisotopic (exact) mass is 461 g/mol. The van der Waals surface area contributed by atoms with E-state index >= 15 is 0 Å². The Morgan fingerprint density at radius 2 is 1.73 bits per heavy atom.